The summed E-state index contributed by atoms with van der Waals surface area (Å²) < 4.78 is 10.7. The van der Waals surface area contributed by atoms with Crippen molar-refractivity contribution in [3.8, 4) is 0 Å². The molecule has 1 aromatic rings. The van der Waals surface area contributed by atoms with Gasteiger partial charge in [0.2, 0.25) is 0 Å². The molecule has 1 aromatic carbocycles. The Hall–Kier alpha value is -1.59. The van der Waals surface area contributed by atoms with Gasteiger partial charge in [-0.25, -0.2) is 4.79 Å². The van der Waals surface area contributed by atoms with Gasteiger partial charge in [0.25, 0.3) is 0 Å². The normalized spacial score (nSPS) is 18.0. The topological polar surface area (TPSA) is 59.0 Å². The average molecular weight is 321 g/mol. The third kappa shape index (κ3) is 6.59. The number of carbonyl (C=O) groups is 1. The van der Waals surface area contributed by atoms with Gasteiger partial charge in [0.15, 0.2) is 0 Å². The second-order valence-electron chi connectivity index (χ2n) is 5.97. The van der Waals surface area contributed by atoms with E-state index in [-0.39, 0.29) is 12.7 Å². The molecule has 128 valence electrons. The van der Waals surface area contributed by atoms with Crippen molar-refractivity contribution >= 4 is 6.09 Å². The van der Waals surface area contributed by atoms with Gasteiger partial charge in [-0.3, -0.25) is 0 Å². The minimum absolute atomic E-state index is 0.0739. The second kappa shape index (κ2) is 10.2. The van der Waals surface area contributed by atoms with Crippen LogP contribution in [0.2, 0.25) is 0 Å². The first-order valence-corrected chi connectivity index (χ1v) is 8.44. The van der Waals surface area contributed by atoms with Crippen molar-refractivity contribution in [3.05, 3.63) is 35.9 Å². The molecule has 1 amide bonds. The first kappa shape index (κ1) is 17.8. The second-order valence-corrected chi connectivity index (χ2v) is 5.97. The number of rotatable bonds is 8. The molecule has 1 unspecified atom stereocenters. The molecule has 0 bridgehead atoms. The van der Waals surface area contributed by atoms with Gasteiger partial charge in [0.05, 0.1) is 13.2 Å². The summed E-state index contributed by atoms with van der Waals surface area (Å²) in [6, 6.07) is 9.75. The fourth-order valence-corrected chi connectivity index (χ4v) is 2.92. The molecule has 1 fully saturated rings. The maximum atomic E-state index is 12.2. The number of benzene rings is 1. The van der Waals surface area contributed by atoms with Gasteiger partial charge in [-0.2, -0.15) is 0 Å². The van der Waals surface area contributed by atoms with E-state index in [4.69, 9.17) is 14.6 Å². The summed E-state index contributed by atoms with van der Waals surface area (Å²) in [4.78, 5) is 14.0. The summed E-state index contributed by atoms with van der Waals surface area (Å²) in [6.07, 6.45) is 3.99. The Bertz CT molecular complexity index is 452. The highest BCUT2D eigenvalue weighted by atomic mass is 16.6. The largest absolute Gasteiger partial charge is 0.445 e. The van der Waals surface area contributed by atoms with Gasteiger partial charge in [0, 0.05) is 19.7 Å². The SMILES string of the molecule is O=C(OCc1ccccc1)N1CCCC(CCCOCCO)C1. The molecule has 0 spiro atoms. The van der Waals surface area contributed by atoms with E-state index in [0.717, 1.165) is 44.3 Å². The van der Waals surface area contributed by atoms with Crippen LogP contribution in [-0.2, 0) is 16.1 Å². The molecule has 5 heteroatoms. The monoisotopic (exact) mass is 321 g/mol. The standard InChI is InChI=1S/C18H27NO4/c20-11-13-22-12-5-9-16-8-4-10-19(14-16)18(21)23-15-17-6-2-1-3-7-17/h1-3,6-7,16,20H,4-5,8-15H2. The molecule has 1 saturated heterocycles. The molecule has 1 atom stereocenters. The van der Waals surface area contributed by atoms with Crippen molar-refractivity contribution in [2.24, 2.45) is 5.92 Å². The Labute approximate surface area is 138 Å². The molecule has 1 aliphatic heterocycles. The molecular formula is C18H27NO4. The van der Waals surface area contributed by atoms with Crippen molar-refractivity contribution < 1.29 is 19.4 Å². The highest BCUT2D eigenvalue weighted by Gasteiger charge is 2.24. The van der Waals surface area contributed by atoms with Crippen LogP contribution in [0.5, 0.6) is 0 Å². The quantitative estimate of drug-likeness (QED) is 0.748. The maximum absolute atomic E-state index is 12.2. The Balaban J connectivity index is 1.67. The summed E-state index contributed by atoms with van der Waals surface area (Å²) in [6.45, 7) is 3.04. The predicted molar refractivity (Wildman–Crippen MR) is 88.1 cm³/mol. The van der Waals surface area contributed by atoms with Crippen LogP contribution >= 0.6 is 0 Å². The third-order valence-electron chi connectivity index (χ3n) is 4.12. The number of aliphatic hydroxyl groups is 1. The lowest BCUT2D eigenvalue weighted by Crippen LogP contribution is -2.40. The van der Waals surface area contributed by atoms with Crippen LogP contribution in [0, 0.1) is 5.92 Å². The number of amides is 1. The third-order valence-corrected chi connectivity index (χ3v) is 4.12. The van der Waals surface area contributed by atoms with E-state index in [1.807, 2.05) is 35.2 Å². The highest BCUT2D eigenvalue weighted by Crippen LogP contribution is 2.21. The minimum atomic E-state index is -0.213. The Morgan fingerprint density at radius 2 is 2.09 bits per heavy atom. The van der Waals surface area contributed by atoms with Gasteiger partial charge in [0.1, 0.15) is 6.61 Å². The lowest BCUT2D eigenvalue weighted by Gasteiger charge is -2.32. The number of ether oxygens (including phenoxy) is 2. The van der Waals surface area contributed by atoms with Crippen LogP contribution < -0.4 is 0 Å². The van der Waals surface area contributed by atoms with E-state index in [1.54, 1.807) is 0 Å². The van der Waals surface area contributed by atoms with Crippen LogP contribution in [0.3, 0.4) is 0 Å². The van der Waals surface area contributed by atoms with Gasteiger partial charge in [-0.05, 0) is 37.2 Å². The van der Waals surface area contributed by atoms with E-state index < -0.39 is 0 Å². The maximum Gasteiger partial charge on any atom is 0.410 e. The van der Waals surface area contributed by atoms with E-state index in [9.17, 15) is 4.79 Å². The smallest absolute Gasteiger partial charge is 0.410 e. The van der Waals surface area contributed by atoms with Crippen molar-refractivity contribution in [2.75, 3.05) is 32.9 Å². The zero-order valence-corrected chi connectivity index (χ0v) is 13.7. The minimum Gasteiger partial charge on any atom is -0.445 e. The molecular weight excluding hydrogens is 294 g/mol. The number of hydrogen-bond donors (Lipinski definition) is 1. The lowest BCUT2D eigenvalue weighted by molar-refractivity contribution is 0.0701. The molecule has 0 aromatic heterocycles. The fourth-order valence-electron chi connectivity index (χ4n) is 2.92. The molecule has 2 rings (SSSR count). The number of hydrogen-bond acceptors (Lipinski definition) is 4. The summed E-state index contributed by atoms with van der Waals surface area (Å²) in [7, 11) is 0. The zero-order valence-electron chi connectivity index (χ0n) is 13.7. The van der Waals surface area contributed by atoms with Crippen LogP contribution in [-0.4, -0.2) is 49.0 Å². The average Bonchev–Trinajstić information content (AvgIpc) is 2.60. The molecule has 0 saturated carbocycles. The van der Waals surface area contributed by atoms with Crippen molar-refractivity contribution in [1.82, 2.24) is 4.90 Å². The van der Waals surface area contributed by atoms with Crippen molar-refractivity contribution in [2.45, 2.75) is 32.3 Å². The Morgan fingerprint density at radius 1 is 1.26 bits per heavy atom. The van der Waals surface area contributed by atoms with Crippen molar-refractivity contribution in [1.29, 1.82) is 0 Å². The fraction of sp³-hybridized carbons (Fsp3) is 0.611. The Morgan fingerprint density at radius 3 is 2.87 bits per heavy atom. The number of likely N-dealkylation sites (tertiary alicyclic amines) is 1. The zero-order chi connectivity index (χ0) is 16.3. The molecule has 0 aliphatic carbocycles. The number of aliphatic hydroxyl groups excluding tert-OH is 1. The lowest BCUT2D eigenvalue weighted by atomic mass is 9.94. The Kier molecular flexibility index (Phi) is 7.90. The summed E-state index contributed by atoms with van der Waals surface area (Å²) in [5.74, 6) is 0.519. The van der Waals surface area contributed by atoms with Gasteiger partial charge in [-0.15, -0.1) is 0 Å². The summed E-state index contributed by atoms with van der Waals surface area (Å²) >= 11 is 0. The van der Waals surface area contributed by atoms with Crippen LogP contribution in [0.1, 0.15) is 31.2 Å². The van der Waals surface area contributed by atoms with Crippen molar-refractivity contribution in [3.63, 3.8) is 0 Å². The molecule has 5 nitrogen and oxygen atoms in total. The molecule has 1 heterocycles. The van der Waals surface area contributed by atoms with E-state index in [2.05, 4.69) is 0 Å². The van der Waals surface area contributed by atoms with E-state index in [0.29, 0.717) is 25.7 Å². The van der Waals surface area contributed by atoms with Crippen LogP contribution in [0.25, 0.3) is 0 Å². The number of carbonyl (C=O) groups excluding carboxylic acids is 1. The van der Waals surface area contributed by atoms with Crippen LogP contribution in [0.15, 0.2) is 30.3 Å². The molecule has 1 N–H and O–H groups in total. The van der Waals surface area contributed by atoms with Crippen LogP contribution in [0.4, 0.5) is 4.79 Å². The first-order valence-electron chi connectivity index (χ1n) is 8.44. The number of nitrogens with zero attached hydrogens (tertiary/aromatic N) is 1. The molecule has 1 aliphatic rings. The van der Waals surface area contributed by atoms with Gasteiger partial charge in [-0.1, -0.05) is 30.3 Å². The first-order chi connectivity index (χ1) is 11.3. The van der Waals surface area contributed by atoms with E-state index in [1.165, 1.54) is 0 Å². The summed E-state index contributed by atoms with van der Waals surface area (Å²) in [5, 5.41) is 8.66. The molecule has 0 radical (unpaired) electrons. The predicted octanol–water partition coefficient (Wildman–Crippen LogP) is 2.82. The van der Waals surface area contributed by atoms with Gasteiger partial charge < -0.3 is 19.5 Å². The van der Waals surface area contributed by atoms with E-state index >= 15 is 0 Å². The van der Waals surface area contributed by atoms with Gasteiger partial charge >= 0.3 is 6.09 Å². The summed E-state index contributed by atoms with van der Waals surface area (Å²) in [5.41, 5.74) is 1.01. The molecule has 23 heavy (non-hydrogen) atoms. The number of piperidine rings is 1. The highest BCUT2D eigenvalue weighted by molar-refractivity contribution is 5.67.